The lowest BCUT2D eigenvalue weighted by molar-refractivity contribution is 0.296. The first-order valence-corrected chi connectivity index (χ1v) is 8.81. The predicted octanol–water partition coefficient (Wildman–Crippen LogP) is 2.22. The van der Waals surface area contributed by atoms with Gasteiger partial charge in [0.25, 0.3) is 10.0 Å². The van der Waals surface area contributed by atoms with Crippen LogP contribution in [-0.2, 0) is 10.0 Å². The van der Waals surface area contributed by atoms with Crippen LogP contribution in [0.1, 0.15) is 56.5 Å². The van der Waals surface area contributed by atoms with Gasteiger partial charge < -0.3 is 0 Å². The molecule has 1 fully saturated rings. The van der Waals surface area contributed by atoms with Crippen molar-refractivity contribution in [1.82, 2.24) is 20.1 Å². The molecule has 0 aliphatic heterocycles. The third-order valence-corrected chi connectivity index (χ3v) is 5.28. The Morgan fingerprint density at radius 1 is 1.45 bits per heavy atom. The smallest absolute Gasteiger partial charge is 0.275 e. The van der Waals surface area contributed by atoms with Crippen LogP contribution in [0.4, 0.5) is 5.69 Å². The molecule has 0 aromatic carbocycles. The molecule has 120 valence electrons. The second kappa shape index (κ2) is 5.38. The van der Waals surface area contributed by atoms with E-state index in [9.17, 15) is 8.42 Å². The molecule has 8 nitrogen and oxygen atoms in total. The van der Waals surface area contributed by atoms with Crippen LogP contribution >= 0.6 is 0 Å². The Morgan fingerprint density at radius 2 is 2.18 bits per heavy atom. The number of hydrogen-bond donors (Lipinski definition) is 1. The number of anilines is 1. The highest BCUT2D eigenvalue weighted by molar-refractivity contribution is 7.92. The highest BCUT2D eigenvalue weighted by atomic mass is 32.2. The van der Waals surface area contributed by atoms with E-state index in [-0.39, 0.29) is 16.8 Å². The van der Waals surface area contributed by atoms with Crippen LogP contribution in [0, 0.1) is 6.92 Å². The first-order valence-electron chi connectivity index (χ1n) is 7.33. The zero-order chi connectivity index (χ0) is 15.9. The van der Waals surface area contributed by atoms with E-state index < -0.39 is 10.0 Å². The van der Waals surface area contributed by atoms with E-state index in [2.05, 4.69) is 38.6 Å². The summed E-state index contributed by atoms with van der Waals surface area (Å²) in [4.78, 5) is 0. The quantitative estimate of drug-likeness (QED) is 0.873. The molecule has 1 atom stereocenters. The summed E-state index contributed by atoms with van der Waals surface area (Å²) in [5.74, 6) is 0.366. The van der Waals surface area contributed by atoms with Crippen molar-refractivity contribution in [2.75, 3.05) is 4.72 Å². The van der Waals surface area contributed by atoms with Crippen molar-refractivity contribution in [3.8, 4) is 0 Å². The summed E-state index contributed by atoms with van der Waals surface area (Å²) in [6.07, 6.45) is 4.61. The van der Waals surface area contributed by atoms with Crippen molar-refractivity contribution in [2.24, 2.45) is 0 Å². The fourth-order valence-electron chi connectivity index (χ4n) is 2.40. The Morgan fingerprint density at radius 3 is 2.73 bits per heavy atom. The number of aromatic nitrogens is 4. The van der Waals surface area contributed by atoms with Gasteiger partial charge in [0.1, 0.15) is 5.69 Å². The minimum absolute atomic E-state index is 0.189. The summed E-state index contributed by atoms with van der Waals surface area (Å²) in [5, 5.41) is 11.2. The van der Waals surface area contributed by atoms with Crippen molar-refractivity contribution in [3.05, 3.63) is 17.6 Å². The average molecular weight is 325 g/mol. The number of aryl methyl sites for hydroxylation is 1. The standard InChI is InChI=1S/C13H19N5O3S/c1-4-8(2)18-12(10-5-6-10)11(7-14-18)17-22(19,20)13-9(3)15-21-16-13/h7-8,10,17H,4-6H2,1-3H3. The molecule has 1 aliphatic carbocycles. The van der Waals surface area contributed by atoms with Gasteiger partial charge in [0.2, 0.25) is 5.03 Å². The molecule has 0 radical (unpaired) electrons. The average Bonchev–Trinajstić information content (AvgIpc) is 3.08. The molecule has 1 N–H and O–H groups in total. The number of sulfonamides is 1. The topological polar surface area (TPSA) is 103 Å². The van der Waals surface area contributed by atoms with E-state index in [4.69, 9.17) is 0 Å². The van der Waals surface area contributed by atoms with Crippen molar-refractivity contribution in [1.29, 1.82) is 0 Å². The minimum Gasteiger partial charge on any atom is -0.275 e. The summed E-state index contributed by atoms with van der Waals surface area (Å²) in [6, 6.07) is 0.226. The predicted molar refractivity (Wildman–Crippen MR) is 79.0 cm³/mol. The molecular weight excluding hydrogens is 306 g/mol. The van der Waals surface area contributed by atoms with Gasteiger partial charge in [-0.05, 0) is 38.3 Å². The highest BCUT2D eigenvalue weighted by Crippen LogP contribution is 2.44. The fraction of sp³-hybridized carbons (Fsp3) is 0.615. The van der Waals surface area contributed by atoms with Gasteiger partial charge in [-0.3, -0.25) is 9.40 Å². The summed E-state index contributed by atoms with van der Waals surface area (Å²) in [7, 11) is -3.82. The van der Waals surface area contributed by atoms with E-state index in [0.717, 1.165) is 25.0 Å². The zero-order valence-corrected chi connectivity index (χ0v) is 13.6. The first kappa shape index (κ1) is 15.0. The molecule has 2 aromatic rings. The molecule has 9 heteroatoms. The lowest BCUT2D eigenvalue weighted by Gasteiger charge is -2.15. The Kier molecular flexibility index (Phi) is 3.67. The second-order valence-electron chi connectivity index (χ2n) is 5.68. The van der Waals surface area contributed by atoms with Crippen LogP contribution in [0.25, 0.3) is 0 Å². The molecule has 0 saturated heterocycles. The van der Waals surface area contributed by atoms with Crippen molar-refractivity contribution >= 4 is 15.7 Å². The molecule has 0 bridgehead atoms. The Labute approximate surface area is 128 Å². The van der Waals surface area contributed by atoms with Gasteiger partial charge in [-0.2, -0.15) is 13.5 Å². The summed E-state index contributed by atoms with van der Waals surface area (Å²) in [5.41, 5.74) is 1.70. The van der Waals surface area contributed by atoms with E-state index in [1.807, 2.05) is 4.68 Å². The van der Waals surface area contributed by atoms with E-state index in [0.29, 0.717) is 11.6 Å². The van der Waals surface area contributed by atoms with Crippen LogP contribution in [0.5, 0.6) is 0 Å². The molecule has 2 heterocycles. The van der Waals surface area contributed by atoms with Crippen LogP contribution < -0.4 is 4.72 Å². The van der Waals surface area contributed by atoms with Gasteiger partial charge in [-0.1, -0.05) is 12.1 Å². The molecule has 0 amide bonds. The molecule has 3 rings (SSSR count). The van der Waals surface area contributed by atoms with E-state index in [1.165, 1.54) is 6.92 Å². The van der Waals surface area contributed by atoms with Gasteiger partial charge in [0.15, 0.2) is 0 Å². The van der Waals surface area contributed by atoms with Gasteiger partial charge in [0.05, 0.1) is 17.6 Å². The van der Waals surface area contributed by atoms with Crippen molar-refractivity contribution in [3.63, 3.8) is 0 Å². The van der Waals surface area contributed by atoms with E-state index in [1.54, 1.807) is 6.20 Å². The van der Waals surface area contributed by atoms with Crippen LogP contribution in [0.3, 0.4) is 0 Å². The Balaban J connectivity index is 1.96. The number of hydrogen-bond acceptors (Lipinski definition) is 6. The first-order chi connectivity index (χ1) is 10.4. The Bertz CT molecular complexity index is 775. The molecule has 22 heavy (non-hydrogen) atoms. The molecule has 0 spiro atoms. The minimum atomic E-state index is -3.82. The lowest BCUT2D eigenvalue weighted by atomic mass is 10.2. The maximum absolute atomic E-state index is 12.4. The van der Waals surface area contributed by atoms with Crippen molar-refractivity contribution in [2.45, 2.75) is 57.0 Å². The normalized spacial score (nSPS) is 16.7. The van der Waals surface area contributed by atoms with Crippen LogP contribution in [-0.4, -0.2) is 28.5 Å². The lowest BCUT2D eigenvalue weighted by Crippen LogP contribution is -2.16. The third kappa shape index (κ3) is 2.60. The van der Waals surface area contributed by atoms with Crippen LogP contribution in [0.15, 0.2) is 15.9 Å². The third-order valence-electron chi connectivity index (χ3n) is 3.92. The highest BCUT2D eigenvalue weighted by Gasteiger charge is 2.33. The Hall–Kier alpha value is -1.90. The maximum Gasteiger partial charge on any atom is 0.284 e. The largest absolute Gasteiger partial charge is 0.284 e. The van der Waals surface area contributed by atoms with Gasteiger partial charge >= 0.3 is 0 Å². The van der Waals surface area contributed by atoms with Gasteiger partial charge in [-0.25, -0.2) is 4.63 Å². The maximum atomic E-state index is 12.4. The van der Waals surface area contributed by atoms with Crippen LogP contribution in [0.2, 0.25) is 0 Å². The molecule has 1 aliphatic rings. The molecule has 2 aromatic heterocycles. The summed E-state index contributed by atoms with van der Waals surface area (Å²) < 4.78 is 33.8. The molecular formula is C13H19N5O3S. The zero-order valence-electron chi connectivity index (χ0n) is 12.8. The number of rotatable bonds is 6. The van der Waals surface area contributed by atoms with Crippen molar-refractivity contribution < 1.29 is 13.0 Å². The van der Waals surface area contributed by atoms with E-state index >= 15 is 0 Å². The number of nitrogens with one attached hydrogen (secondary N) is 1. The van der Waals surface area contributed by atoms with Gasteiger partial charge in [0, 0.05) is 12.0 Å². The SMILES string of the molecule is CCC(C)n1ncc(NS(=O)(=O)c2nonc2C)c1C1CC1. The summed E-state index contributed by atoms with van der Waals surface area (Å²) in [6.45, 7) is 5.69. The van der Waals surface area contributed by atoms with Gasteiger partial charge in [-0.15, -0.1) is 0 Å². The monoisotopic (exact) mass is 325 g/mol. The number of nitrogens with zero attached hydrogens (tertiary/aromatic N) is 4. The molecule has 1 unspecified atom stereocenters. The second-order valence-corrected chi connectivity index (χ2v) is 7.28. The molecule has 1 saturated carbocycles. The fourth-order valence-corrected chi connectivity index (χ4v) is 3.50. The summed E-state index contributed by atoms with van der Waals surface area (Å²) >= 11 is 0.